The van der Waals surface area contributed by atoms with Crippen molar-refractivity contribution in [2.45, 2.75) is 51.4 Å². The SMILES string of the molecule is CC(C)(C)[Si](C)(C)OC1CCN(c2cc3cn[nH]c3cc2N)C1. The Balaban J connectivity index is 1.75. The van der Waals surface area contributed by atoms with Crippen LogP contribution in [0.4, 0.5) is 11.4 Å². The molecule has 0 spiro atoms. The molecule has 2 aromatic rings. The zero-order chi connectivity index (χ0) is 16.8. The Hall–Kier alpha value is -1.53. The van der Waals surface area contributed by atoms with E-state index >= 15 is 0 Å². The van der Waals surface area contributed by atoms with E-state index in [4.69, 9.17) is 10.2 Å². The third-order valence-corrected chi connectivity index (χ3v) is 9.88. The maximum atomic E-state index is 6.57. The van der Waals surface area contributed by atoms with E-state index in [1.54, 1.807) is 0 Å². The van der Waals surface area contributed by atoms with Gasteiger partial charge in [-0.1, -0.05) is 20.8 Å². The fraction of sp³-hybridized carbons (Fsp3) is 0.588. The van der Waals surface area contributed by atoms with Gasteiger partial charge in [-0.05, 0) is 36.7 Å². The van der Waals surface area contributed by atoms with Gasteiger partial charge in [-0.25, -0.2) is 0 Å². The molecule has 2 heterocycles. The van der Waals surface area contributed by atoms with E-state index in [0.29, 0.717) is 6.10 Å². The molecule has 1 unspecified atom stereocenters. The van der Waals surface area contributed by atoms with Crippen LogP contribution in [0.1, 0.15) is 27.2 Å². The summed E-state index contributed by atoms with van der Waals surface area (Å²) in [6.45, 7) is 13.4. The summed E-state index contributed by atoms with van der Waals surface area (Å²) in [5.74, 6) is 0. The average Bonchev–Trinajstić information content (AvgIpc) is 3.04. The lowest BCUT2D eigenvalue weighted by Crippen LogP contribution is -2.44. The first kappa shape index (κ1) is 16.3. The third kappa shape index (κ3) is 3.10. The molecule has 5 nitrogen and oxygen atoms in total. The zero-order valence-electron chi connectivity index (χ0n) is 14.8. The summed E-state index contributed by atoms with van der Waals surface area (Å²) in [6, 6.07) is 4.10. The van der Waals surface area contributed by atoms with Gasteiger partial charge < -0.3 is 15.1 Å². The molecule has 1 aliphatic heterocycles. The summed E-state index contributed by atoms with van der Waals surface area (Å²) in [6.07, 6.45) is 3.21. The summed E-state index contributed by atoms with van der Waals surface area (Å²) in [7, 11) is -1.72. The Kier molecular flexibility index (Phi) is 3.92. The lowest BCUT2D eigenvalue weighted by Gasteiger charge is -2.38. The van der Waals surface area contributed by atoms with E-state index in [2.05, 4.69) is 55.0 Å². The van der Waals surface area contributed by atoms with Gasteiger partial charge in [0.25, 0.3) is 0 Å². The Morgan fingerprint density at radius 1 is 1.35 bits per heavy atom. The van der Waals surface area contributed by atoms with Crippen molar-refractivity contribution in [2.24, 2.45) is 0 Å². The Morgan fingerprint density at radius 2 is 2.09 bits per heavy atom. The fourth-order valence-corrected chi connectivity index (χ4v) is 4.29. The van der Waals surface area contributed by atoms with Crippen LogP contribution < -0.4 is 10.6 Å². The fourth-order valence-electron chi connectivity index (χ4n) is 2.91. The highest BCUT2D eigenvalue weighted by Crippen LogP contribution is 2.39. The number of nitrogens with zero attached hydrogens (tertiary/aromatic N) is 2. The summed E-state index contributed by atoms with van der Waals surface area (Å²) in [5, 5.41) is 8.39. The highest BCUT2D eigenvalue weighted by molar-refractivity contribution is 6.74. The highest BCUT2D eigenvalue weighted by Gasteiger charge is 2.40. The average molecular weight is 333 g/mol. The molecule has 0 radical (unpaired) electrons. The van der Waals surface area contributed by atoms with E-state index in [-0.39, 0.29) is 5.04 Å². The van der Waals surface area contributed by atoms with Crippen LogP contribution in [-0.4, -0.2) is 37.7 Å². The number of anilines is 2. The number of nitrogens with two attached hydrogens (primary N) is 1. The Morgan fingerprint density at radius 3 is 2.78 bits per heavy atom. The quantitative estimate of drug-likeness (QED) is 0.663. The second-order valence-electron chi connectivity index (χ2n) is 8.10. The molecular weight excluding hydrogens is 304 g/mol. The van der Waals surface area contributed by atoms with Crippen molar-refractivity contribution < 1.29 is 4.43 Å². The molecule has 3 N–H and O–H groups in total. The summed E-state index contributed by atoms with van der Waals surface area (Å²) in [4.78, 5) is 2.35. The molecule has 0 saturated carbocycles. The van der Waals surface area contributed by atoms with E-state index in [1.807, 2.05) is 12.3 Å². The van der Waals surface area contributed by atoms with Gasteiger partial charge in [0.1, 0.15) is 0 Å². The number of aromatic nitrogens is 2. The van der Waals surface area contributed by atoms with Crippen molar-refractivity contribution in [3.8, 4) is 0 Å². The number of hydrogen-bond acceptors (Lipinski definition) is 4. The predicted molar refractivity (Wildman–Crippen MR) is 99.4 cm³/mol. The maximum Gasteiger partial charge on any atom is 0.192 e. The van der Waals surface area contributed by atoms with Crippen LogP contribution in [0.3, 0.4) is 0 Å². The van der Waals surface area contributed by atoms with Crippen LogP contribution in [-0.2, 0) is 4.43 Å². The molecule has 1 aromatic carbocycles. The van der Waals surface area contributed by atoms with Gasteiger partial charge in [0.2, 0.25) is 0 Å². The van der Waals surface area contributed by atoms with E-state index < -0.39 is 8.32 Å². The molecule has 23 heavy (non-hydrogen) atoms. The van der Waals surface area contributed by atoms with Crippen LogP contribution >= 0.6 is 0 Å². The molecule has 1 aromatic heterocycles. The van der Waals surface area contributed by atoms with Crippen molar-refractivity contribution in [3.63, 3.8) is 0 Å². The number of aromatic amines is 1. The number of benzene rings is 1. The molecule has 6 heteroatoms. The molecule has 3 rings (SSSR count). The lowest BCUT2D eigenvalue weighted by atomic mass is 10.2. The van der Waals surface area contributed by atoms with E-state index in [0.717, 1.165) is 41.8 Å². The number of nitrogens with one attached hydrogen (secondary N) is 1. The number of fused-ring (bicyclic) bond motifs is 1. The predicted octanol–water partition coefficient (Wildman–Crippen LogP) is 3.75. The lowest BCUT2D eigenvalue weighted by molar-refractivity contribution is 0.202. The molecule has 0 amide bonds. The van der Waals surface area contributed by atoms with Crippen molar-refractivity contribution in [2.75, 3.05) is 23.7 Å². The number of rotatable bonds is 3. The van der Waals surface area contributed by atoms with Crippen LogP contribution in [0.2, 0.25) is 18.1 Å². The molecule has 1 atom stereocenters. The highest BCUT2D eigenvalue weighted by atomic mass is 28.4. The largest absolute Gasteiger partial charge is 0.412 e. The van der Waals surface area contributed by atoms with Gasteiger partial charge in [0.05, 0.1) is 29.2 Å². The molecule has 0 aliphatic carbocycles. The minimum Gasteiger partial charge on any atom is -0.412 e. The van der Waals surface area contributed by atoms with Crippen molar-refractivity contribution in [3.05, 3.63) is 18.3 Å². The van der Waals surface area contributed by atoms with Crippen LogP contribution in [0.5, 0.6) is 0 Å². The van der Waals surface area contributed by atoms with Crippen molar-refractivity contribution in [1.82, 2.24) is 10.2 Å². The zero-order valence-corrected chi connectivity index (χ0v) is 15.8. The minimum absolute atomic E-state index is 0.245. The second kappa shape index (κ2) is 5.53. The van der Waals surface area contributed by atoms with Gasteiger partial charge in [-0.3, -0.25) is 5.10 Å². The first-order chi connectivity index (χ1) is 10.7. The number of H-pyrrole nitrogens is 1. The summed E-state index contributed by atoms with van der Waals surface area (Å²) < 4.78 is 6.57. The van der Waals surface area contributed by atoms with Crippen molar-refractivity contribution >= 4 is 30.6 Å². The van der Waals surface area contributed by atoms with Gasteiger partial charge >= 0.3 is 0 Å². The van der Waals surface area contributed by atoms with Crippen molar-refractivity contribution in [1.29, 1.82) is 0 Å². The normalized spacial score (nSPS) is 19.7. The third-order valence-electron chi connectivity index (χ3n) is 5.34. The smallest absolute Gasteiger partial charge is 0.192 e. The first-order valence-corrected chi connectivity index (χ1v) is 11.2. The summed E-state index contributed by atoms with van der Waals surface area (Å²) in [5.41, 5.74) is 9.13. The molecule has 1 fully saturated rings. The van der Waals surface area contributed by atoms with E-state index in [9.17, 15) is 0 Å². The molecule has 1 saturated heterocycles. The molecular formula is C17H28N4OSi. The van der Waals surface area contributed by atoms with Crippen LogP contribution in [0.25, 0.3) is 10.9 Å². The molecule has 0 bridgehead atoms. The van der Waals surface area contributed by atoms with Crippen LogP contribution in [0, 0.1) is 0 Å². The number of hydrogen-bond donors (Lipinski definition) is 2. The van der Waals surface area contributed by atoms with Gasteiger partial charge in [0.15, 0.2) is 8.32 Å². The maximum absolute atomic E-state index is 6.57. The van der Waals surface area contributed by atoms with Crippen LogP contribution in [0.15, 0.2) is 18.3 Å². The molecule has 1 aliphatic rings. The Labute approximate surface area is 139 Å². The second-order valence-corrected chi connectivity index (χ2v) is 12.9. The standard InChI is InChI=1S/C17H28N4OSi/c1-17(2,3)23(4,5)22-13-6-7-21(11-13)16-8-12-10-19-20-15(12)9-14(16)18/h8-10,13H,6-7,11,18H2,1-5H3,(H,19,20). The topological polar surface area (TPSA) is 67.2 Å². The number of nitrogen functional groups attached to an aromatic ring is 1. The Bertz CT molecular complexity index is 704. The monoisotopic (exact) mass is 332 g/mol. The van der Waals surface area contributed by atoms with E-state index in [1.165, 1.54) is 0 Å². The van der Waals surface area contributed by atoms with Gasteiger partial charge in [-0.2, -0.15) is 5.10 Å². The van der Waals surface area contributed by atoms with Gasteiger partial charge in [-0.15, -0.1) is 0 Å². The summed E-state index contributed by atoms with van der Waals surface area (Å²) >= 11 is 0. The van der Waals surface area contributed by atoms with Gasteiger partial charge in [0, 0.05) is 18.5 Å². The first-order valence-electron chi connectivity index (χ1n) is 8.33. The minimum atomic E-state index is -1.72. The molecule has 126 valence electrons.